The first-order chi connectivity index (χ1) is 68.6. The summed E-state index contributed by atoms with van der Waals surface area (Å²) in [6.07, 6.45) is 13.1. The number of rotatable bonds is 23. The number of aromatic nitrogens is 17. The van der Waals surface area contributed by atoms with Crippen molar-refractivity contribution in [2.45, 2.75) is 18.9 Å². The number of aliphatic hydroxyl groups is 1. The fraction of sp³-hybridized carbons (Fsp3) is 0.290. The summed E-state index contributed by atoms with van der Waals surface area (Å²) in [7, 11) is 5.92. The molecule has 40 heteroatoms. The van der Waals surface area contributed by atoms with Crippen molar-refractivity contribution in [1.82, 2.24) is 89.1 Å². The number of amidine groups is 1. The maximum atomic E-state index is 14.5. The second-order valence-electron chi connectivity index (χ2n) is 34.1. The average molecular weight is 1890 g/mol. The van der Waals surface area contributed by atoms with Crippen molar-refractivity contribution in [3.63, 3.8) is 0 Å². The van der Waals surface area contributed by atoms with Gasteiger partial charge in [-0.2, -0.15) is 20.1 Å². The van der Waals surface area contributed by atoms with Gasteiger partial charge >= 0.3 is 0 Å². The molecule has 14 heterocycles. The van der Waals surface area contributed by atoms with Gasteiger partial charge in [0, 0.05) is 204 Å². The van der Waals surface area contributed by atoms with Gasteiger partial charge in [-0.05, 0) is 208 Å². The molecule has 7 aliphatic rings. The van der Waals surface area contributed by atoms with E-state index in [1.54, 1.807) is 94.2 Å². The van der Waals surface area contributed by atoms with Gasteiger partial charge in [0.15, 0.2) is 12.5 Å². The molecule has 22 rings (SSSR count). The van der Waals surface area contributed by atoms with Crippen LogP contribution in [0.25, 0.3) is 62.1 Å². The highest BCUT2D eigenvalue weighted by molar-refractivity contribution is 6.00. The number of aliphatic imine (C=N–C) groups is 1. The second kappa shape index (κ2) is 44.5. The van der Waals surface area contributed by atoms with E-state index in [-0.39, 0.29) is 23.6 Å². The fourth-order valence-corrected chi connectivity index (χ4v) is 16.6. The number of piperazine rings is 1. The number of hydrogen-bond acceptors (Lipinski definition) is 34. The Balaban J connectivity index is 0.000000119. The standard InChI is InChI=1S/C27H30FN9O.C27H29FN8O2.C24H25FN8O.C22H21N7O/c1-34-8-10-36(11-9-34)27-30-19-37(33-27)23-4-2-22(3-5-23)31-26-29-7-6-25(32-26)20-16-21(28)18-24(17-20)35-12-14-38-15-13-35;28-20-15-19(16-23(17-20)34-11-13-38-14-12-34)25-5-8-29-26(32-25)31-21-1-3-22(4-2-21)36-18-30-27(33-36)35-9-6-24(37)7-10-35;1-31(2)24-27-16-33(30-24)20-5-3-19(4-6-20)28-23-26-8-7-22(29-23)17-13-18(25)15-21(14-17)32-9-11-34-12-10-32;1-2-17(14-19(3-1)29-10-12-30-13-11-29)20-8-9-23-22(27-20)26-18-6-4-16(5-7-18)21-24-15-25-28-21/h2-7,16-19H,8-15H2,1H3,(H,29,31,32);1-5,8,15-18,24,37H,6-7,9-14H2,(H,29,31,32);3-8,13-16H,9-12H2,1-2H3,(H,26,28,29);1-9,14H,10-13,15H2,(H,23,26,27). The third-order valence-electron chi connectivity index (χ3n) is 24.2. The Morgan fingerprint density at radius 3 is 1.06 bits per heavy atom. The van der Waals surface area contributed by atoms with Crippen LogP contribution in [0.1, 0.15) is 18.4 Å². The second-order valence-corrected chi connectivity index (χ2v) is 34.1. The molecule has 7 aromatic heterocycles. The van der Waals surface area contributed by atoms with Crippen LogP contribution in [0.5, 0.6) is 0 Å². The van der Waals surface area contributed by atoms with Gasteiger partial charge in [0.05, 0.1) is 98.8 Å². The number of ether oxygens (including phenoxy) is 4. The largest absolute Gasteiger partial charge is 0.393 e. The summed E-state index contributed by atoms with van der Waals surface area (Å²) in [5.74, 6) is 3.66. The Labute approximate surface area is 806 Å². The summed E-state index contributed by atoms with van der Waals surface area (Å²) >= 11 is 0. The topological polar surface area (TPSA) is 364 Å². The lowest BCUT2D eigenvalue weighted by molar-refractivity contribution is 0.122. The number of hydrogen-bond donors (Lipinski definition) is 5. The van der Waals surface area contributed by atoms with E-state index in [0.717, 1.165) is 197 Å². The van der Waals surface area contributed by atoms with E-state index < -0.39 is 0 Å². The number of halogens is 3. The van der Waals surface area contributed by atoms with E-state index in [2.05, 4.69) is 167 Å². The summed E-state index contributed by atoms with van der Waals surface area (Å²) in [6, 6.07) is 61.8. The van der Waals surface area contributed by atoms with Gasteiger partial charge in [-0.15, -0.1) is 20.4 Å². The molecule has 716 valence electrons. The van der Waals surface area contributed by atoms with Crippen LogP contribution in [0.3, 0.4) is 0 Å². The number of piperidine rings is 1. The van der Waals surface area contributed by atoms with E-state index in [9.17, 15) is 18.3 Å². The zero-order valence-electron chi connectivity index (χ0n) is 77.6. The molecule has 0 unspecified atom stereocenters. The van der Waals surface area contributed by atoms with E-state index in [0.29, 0.717) is 122 Å². The highest BCUT2D eigenvalue weighted by Crippen LogP contribution is 2.34. The number of nitrogens with one attached hydrogen (secondary N) is 4. The van der Waals surface area contributed by atoms with Crippen LogP contribution in [-0.4, -0.2) is 278 Å². The lowest BCUT2D eigenvalue weighted by atomic mass is 10.1. The lowest BCUT2D eigenvalue weighted by Crippen LogP contribution is -2.45. The minimum atomic E-state index is -0.304. The minimum Gasteiger partial charge on any atom is -0.393 e. The summed E-state index contributed by atoms with van der Waals surface area (Å²) in [5, 5.41) is 44.3. The lowest BCUT2D eigenvalue weighted by Gasteiger charge is -2.31. The van der Waals surface area contributed by atoms with Crippen molar-refractivity contribution in [3.05, 3.63) is 267 Å². The molecule has 0 radical (unpaired) electrons. The van der Waals surface area contributed by atoms with Crippen molar-refractivity contribution in [2.24, 2.45) is 15.2 Å². The summed E-state index contributed by atoms with van der Waals surface area (Å²) in [4.78, 5) is 70.5. The Morgan fingerprint density at radius 2 is 0.686 bits per heavy atom. The molecule has 15 aromatic rings. The van der Waals surface area contributed by atoms with Gasteiger partial charge in [0.1, 0.15) is 36.4 Å². The number of anilines is 15. The molecule has 37 nitrogen and oxygen atoms in total. The molecule has 6 fully saturated rings. The van der Waals surface area contributed by atoms with Crippen LogP contribution in [0.15, 0.2) is 259 Å². The predicted octanol–water partition coefficient (Wildman–Crippen LogP) is 14.0. The average Bonchev–Trinajstić information content (AvgIpc) is 0.966. The SMILES string of the molecule is CN(C)c1ncn(-c2ccc(Nc3nccc(-c4cc(F)cc(N5CCOCC5)c4)n3)cc2)n1.CN1CCN(c2ncn(-c3ccc(Nc4nccc(-c5cc(F)cc(N6CCOCC6)c5)n4)cc3)n2)CC1.OC1CCN(c2ncn(-c3ccc(Nc4nccc(-c5cc(F)cc(N6CCOCC6)c5)n4)cc3)n2)CC1.c1cc(-c2ccnc(Nc3ccc(C4=NCN=N4)cc3)n2)cc(N2CCOCC2)c1. The van der Waals surface area contributed by atoms with Crippen LogP contribution >= 0.6 is 0 Å². The number of benzene rings is 8. The van der Waals surface area contributed by atoms with Crippen molar-refractivity contribution in [3.8, 4) is 62.1 Å². The van der Waals surface area contributed by atoms with Crippen LogP contribution in [0, 0.1) is 17.5 Å². The van der Waals surface area contributed by atoms with Crippen molar-refractivity contribution >= 4 is 93.0 Å². The van der Waals surface area contributed by atoms with Crippen LogP contribution in [0.2, 0.25) is 0 Å². The molecule has 8 aromatic carbocycles. The summed E-state index contributed by atoms with van der Waals surface area (Å²) < 4.78 is 70.3. The first-order valence-electron chi connectivity index (χ1n) is 46.5. The first kappa shape index (κ1) is 93.2. The molecular formula is C100H105F3N32O5. The molecule has 0 amide bonds. The molecule has 7 aliphatic heterocycles. The molecule has 0 saturated carbocycles. The number of aliphatic hydroxyl groups excluding tert-OH is 1. The van der Waals surface area contributed by atoms with Gasteiger partial charge in [0.2, 0.25) is 41.6 Å². The molecular weight excluding hydrogens is 1790 g/mol. The highest BCUT2D eigenvalue weighted by atomic mass is 19.1. The van der Waals surface area contributed by atoms with Gasteiger partial charge in [0.25, 0.3) is 0 Å². The Morgan fingerprint density at radius 1 is 0.336 bits per heavy atom. The van der Waals surface area contributed by atoms with Crippen LogP contribution < -0.4 is 55.6 Å². The van der Waals surface area contributed by atoms with Gasteiger partial charge in [-0.25, -0.2) is 72.1 Å². The van der Waals surface area contributed by atoms with E-state index >= 15 is 0 Å². The first-order valence-corrected chi connectivity index (χ1v) is 46.5. The number of nitrogens with zero attached hydrogens (tertiary/aromatic N) is 28. The van der Waals surface area contributed by atoms with Crippen LogP contribution in [0.4, 0.5) is 100 Å². The van der Waals surface area contributed by atoms with Crippen molar-refractivity contribution in [1.29, 1.82) is 0 Å². The molecule has 6 saturated heterocycles. The smallest absolute Gasteiger partial charge is 0.245 e. The molecule has 0 spiro atoms. The molecule has 0 bridgehead atoms. The number of morpholine rings is 4. The molecule has 140 heavy (non-hydrogen) atoms. The maximum Gasteiger partial charge on any atom is 0.245 e. The highest BCUT2D eigenvalue weighted by Gasteiger charge is 2.25. The monoisotopic (exact) mass is 1890 g/mol. The zero-order valence-corrected chi connectivity index (χ0v) is 77.6. The van der Waals surface area contributed by atoms with E-state index in [1.165, 1.54) is 23.9 Å². The zero-order chi connectivity index (χ0) is 95.5. The normalized spacial score (nSPS) is 15.7. The number of azo groups is 1. The van der Waals surface area contributed by atoms with Crippen LogP contribution in [-0.2, 0) is 18.9 Å². The molecule has 0 aliphatic carbocycles. The quantitative estimate of drug-likeness (QED) is 0.0397. The van der Waals surface area contributed by atoms with Crippen molar-refractivity contribution in [2.75, 3.05) is 228 Å². The Hall–Kier alpha value is -15.9. The van der Waals surface area contributed by atoms with E-state index in [4.69, 9.17) is 23.9 Å². The van der Waals surface area contributed by atoms with Crippen molar-refractivity contribution < 1.29 is 37.2 Å². The summed E-state index contributed by atoms with van der Waals surface area (Å²) in [6.45, 7) is 17.3. The van der Waals surface area contributed by atoms with Gasteiger partial charge < -0.3 is 84.5 Å². The molecule has 5 N–H and O–H groups in total. The van der Waals surface area contributed by atoms with E-state index in [1.807, 2.05) is 140 Å². The minimum absolute atomic E-state index is 0.237. The Bertz CT molecular complexity index is 6510. The van der Waals surface area contributed by atoms with Gasteiger partial charge in [-0.1, -0.05) is 12.1 Å². The summed E-state index contributed by atoms with van der Waals surface area (Å²) in [5.41, 5.74) is 16.6. The number of likely N-dealkylation sites (N-methyl/N-ethyl adjacent to an activating group) is 1. The fourth-order valence-electron chi connectivity index (χ4n) is 16.6. The third-order valence-corrected chi connectivity index (χ3v) is 24.2. The molecule has 0 atom stereocenters. The Kier molecular flexibility index (Phi) is 29.6. The van der Waals surface area contributed by atoms with Gasteiger partial charge in [-0.3, -0.25) is 0 Å². The predicted molar refractivity (Wildman–Crippen MR) is 533 cm³/mol. The maximum absolute atomic E-state index is 14.5. The third kappa shape index (κ3) is 24.2.